The Bertz CT molecular complexity index is 1060. The summed E-state index contributed by atoms with van der Waals surface area (Å²) in [6.45, 7) is 1.71. The molecule has 2 heterocycles. The van der Waals surface area contributed by atoms with Crippen LogP contribution in [0.1, 0.15) is 26.5 Å². The quantitative estimate of drug-likeness (QED) is 0.639. The van der Waals surface area contributed by atoms with E-state index >= 15 is 0 Å². The number of carboxylic acids is 1. The van der Waals surface area contributed by atoms with Crippen LogP contribution in [0.25, 0.3) is 5.65 Å². The molecule has 1 aromatic carbocycles. The minimum absolute atomic E-state index is 0.0921. The number of carbonyl (C=O) groups excluding carboxylic acids is 1. The SMILES string of the molecule is COc1cc(NC(=O)c2c(C)nc3ccc(Br)cn23)c(C(=O)O)cc1OC. The van der Waals surface area contributed by atoms with Crippen LogP contribution in [0.15, 0.2) is 34.9 Å². The number of carboxylic acid groups (broad SMARTS) is 1. The predicted molar refractivity (Wildman–Crippen MR) is 102 cm³/mol. The molecule has 140 valence electrons. The number of imidazole rings is 1. The third-order valence-corrected chi connectivity index (χ3v) is 4.44. The molecule has 9 heteroatoms. The number of fused-ring (bicyclic) bond motifs is 1. The Balaban J connectivity index is 2.07. The van der Waals surface area contributed by atoms with Crippen molar-refractivity contribution in [3.8, 4) is 11.5 Å². The van der Waals surface area contributed by atoms with E-state index < -0.39 is 11.9 Å². The molecule has 0 aliphatic rings. The van der Waals surface area contributed by atoms with E-state index in [1.807, 2.05) is 6.07 Å². The Labute approximate surface area is 162 Å². The molecule has 27 heavy (non-hydrogen) atoms. The predicted octanol–water partition coefficient (Wildman–Crippen LogP) is 3.37. The smallest absolute Gasteiger partial charge is 0.337 e. The highest BCUT2D eigenvalue weighted by molar-refractivity contribution is 9.10. The lowest BCUT2D eigenvalue weighted by molar-refractivity contribution is 0.0697. The Hall–Kier alpha value is -3.07. The fourth-order valence-electron chi connectivity index (χ4n) is 2.75. The largest absolute Gasteiger partial charge is 0.493 e. The lowest BCUT2D eigenvalue weighted by Gasteiger charge is -2.14. The fraction of sp³-hybridized carbons (Fsp3) is 0.167. The molecule has 0 unspecified atom stereocenters. The Morgan fingerprint density at radius 2 is 1.85 bits per heavy atom. The molecule has 3 aromatic rings. The first-order chi connectivity index (χ1) is 12.8. The number of methoxy groups -OCH3 is 2. The fourth-order valence-corrected chi connectivity index (χ4v) is 3.09. The van der Waals surface area contributed by atoms with Crippen molar-refractivity contribution in [1.29, 1.82) is 0 Å². The number of hydrogen-bond donors (Lipinski definition) is 2. The van der Waals surface area contributed by atoms with E-state index in [0.717, 1.165) is 4.47 Å². The molecule has 0 spiro atoms. The van der Waals surface area contributed by atoms with Crippen LogP contribution >= 0.6 is 15.9 Å². The van der Waals surface area contributed by atoms with Gasteiger partial charge >= 0.3 is 5.97 Å². The normalized spacial score (nSPS) is 10.7. The molecule has 0 aliphatic carbocycles. The number of nitrogens with one attached hydrogen (secondary N) is 1. The van der Waals surface area contributed by atoms with Gasteiger partial charge in [-0.05, 0) is 35.0 Å². The second-order valence-corrected chi connectivity index (χ2v) is 6.55. The number of nitrogens with zero attached hydrogens (tertiary/aromatic N) is 2. The summed E-state index contributed by atoms with van der Waals surface area (Å²) in [5.41, 5.74) is 1.40. The van der Waals surface area contributed by atoms with Crippen LogP contribution in [0.2, 0.25) is 0 Å². The molecular formula is C18H16BrN3O5. The van der Waals surface area contributed by atoms with Crippen molar-refractivity contribution in [3.63, 3.8) is 0 Å². The first kappa shape index (κ1) is 18.7. The number of pyridine rings is 1. The summed E-state index contributed by atoms with van der Waals surface area (Å²) in [6, 6.07) is 6.30. The van der Waals surface area contributed by atoms with E-state index in [9.17, 15) is 14.7 Å². The van der Waals surface area contributed by atoms with Gasteiger partial charge in [0.2, 0.25) is 0 Å². The van der Waals surface area contributed by atoms with E-state index in [1.54, 1.807) is 23.6 Å². The van der Waals surface area contributed by atoms with E-state index in [2.05, 4.69) is 26.2 Å². The third-order valence-electron chi connectivity index (χ3n) is 3.97. The van der Waals surface area contributed by atoms with Gasteiger partial charge in [-0.1, -0.05) is 0 Å². The summed E-state index contributed by atoms with van der Waals surface area (Å²) in [5.74, 6) is -1.14. The monoisotopic (exact) mass is 433 g/mol. The molecule has 0 radical (unpaired) electrons. The van der Waals surface area contributed by atoms with Gasteiger partial charge in [0.05, 0.1) is 31.2 Å². The number of hydrogen-bond acceptors (Lipinski definition) is 5. The minimum atomic E-state index is -1.20. The number of aromatic carboxylic acids is 1. The van der Waals surface area contributed by atoms with Crippen LogP contribution in [0, 0.1) is 6.92 Å². The number of aryl methyl sites for hydroxylation is 1. The first-order valence-corrected chi connectivity index (χ1v) is 8.60. The van der Waals surface area contributed by atoms with Crippen LogP contribution < -0.4 is 14.8 Å². The number of aromatic nitrogens is 2. The summed E-state index contributed by atoms with van der Waals surface area (Å²) in [7, 11) is 2.83. The summed E-state index contributed by atoms with van der Waals surface area (Å²) in [5, 5.41) is 12.1. The lowest BCUT2D eigenvalue weighted by Crippen LogP contribution is -2.18. The van der Waals surface area contributed by atoms with Crippen LogP contribution in [0.5, 0.6) is 11.5 Å². The molecule has 8 nitrogen and oxygen atoms in total. The number of ether oxygens (including phenoxy) is 2. The van der Waals surface area contributed by atoms with Crippen LogP contribution in [0.4, 0.5) is 5.69 Å². The van der Waals surface area contributed by atoms with Crippen molar-refractivity contribution in [3.05, 3.63) is 51.9 Å². The molecule has 0 saturated carbocycles. The zero-order chi connectivity index (χ0) is 19.7. The maximum Gasteiger partial charge on any atom is 0.337 e. The van der Waals surface area contributed by atoms with Gasteiger partial charge in [0.1, 0.15) is 11.3 Å². The van der Waals surface area contributed by atoms with Gasteiger partial charge in [-0.3, -0.25) is 9.20 Å². The van der Waals surface area contributed by atoms with Gasteiger partial charge in [0.15, 0.2) is 11.5 Å². The second kappa shape index (κ2) is 7.28. The summed E-state index contributed by atoms with van der Waals surface area (Å²) < 4.78 is 12.7. The molecule has 1 amide bonds. The Kier molecular flexibility index (Phi) is 5.04. The molecule has 0 atom stereocenters. The zero-order valence-corrected chi connectivity index (χ0v) is 16.3. The number of anilines is 1. The topological polar surface area (TPSA) is 102 Å². The number of carbonyl (C=O) groups is 2. The van der Waals surface area contributed by atoms with Crippen molar-refractivity contribution >= 4 is 39.1 Å². The lowest BCUT2D eigenvalue weighted by atomic mass is 10.1. The molecule has 2 aromatic heterocycles. The van der Waals surface area contributed by atoms with Crippen LogP contribution in [0.3, 0.4) is 0 Å². The molecule has 3 rings (SSSR count). The highest BCUT2D eigenvalue weighted by Gasteiger charge is 2.22. The van der Waals surface area contributed by atoms with Crippen molar-refractivity contribution in [2.45, 2.75) is 6.92 Å². The molecule has 0 fully saturated rings. The van der Waals surface area contributed by atoms with E-state index in [0.29, 0.717) is 22.8 Å². The third kappa shape index (κ3) is 3.45. The van der Waals surface area contributed by atoms with E-state index in [4.69, 9.17) is 9.47 Å². The average Bonchev–Trinajstić information content (AvgIpc) is 2.95. The molecule has 0 aliphatic heterocycles. The van der Waals surface area contributed by atoms with Gasteiger partial charge in [-0.15, -0.1) is 0 Å². The van der Waals surface area contributed by atoms with Gasteiger partial charge in [0, 0.05) is 22.8 Å². The molecule has 0 bridgehead atoms. The van der Waals surface area contributed by atoms with Crippen molar-refractivity contribution in [1.82, 2.24) is 9.38 Å². The standard InChI is InChI=1S/C18H16BrN3O5/c1-9-16(22-8-10(19)4-5-15(22)20-9)17(23)21-12-7-14(27-3)13(26-2)6-11(12)18(24)25/h4-8H,1-3H3,(H,21,23)(H,24,25). The molecule has 2 N–H and O–H groups in total. The summed E-state index contributed by atoms with van der Waals surface area (Å²) >= 11 is 3.37. The Morgan fingerprint density at radius 1 is 1.19 bits per heavy atom. The van der Waals surface area contributed by atoms with Crippen molar-refractivity contribution < 1.29 is 24.2 Å². The highest BCUT2D eigenvalue weighted by Crippen LogP contribution is 2.33. The van der Waals surface area contributed by atoms with Crippen LogP contribution in [-0.2, 0) is 0 Å². The summed E-state index contributed by atoms with van der Waals surface area (Å²) in [6.07, 6.45) is 1.72. The van der Waals surface area contributed by atoms with Crippen molar-refractivity contribution in [2.75, 3.05) is 19.5 Å². The molecule has 0 saturated heterocycles. The average molecular weight is 434 g/mol. The first-order valence-electron chi connectivity index (χ1n) is 7.80. The maximum atomic E-state index is 12.9. The number of benzene rings is 1. The van der Waals surface area contributed by atoms with Gasteiger partial charge in [-0.25, -0.2) is 9.78 Å². The van der Waals surface area contributed by atoms with Gasteiger partial charge in [-0.2, -0.15) is 0 Å². The van der Waals surface area contributed by atoms with E-state index in [-0.39, 0.29) is 17.0 Å². The highest BCUT2D eigenvalue weighted by atomic mass is 79.9. The number of amides is 1. The second-order valence-electron chi connectivity index (χ2n) is 5.63. The summed E-state index contributed by atoms with van der Waals surface area (Å²) in [4.78, 5) is 28.9. The molecular weight excluding hydrogens is 418 g/mol. The Morgan fingerprint density at radius 3 is 2.48 bits per heavy atom. The number of halogens is 1. The zero-order valence-electron chi connectivity index (χ0n) is 14.7. The van der Waals surface area contributed by atoms with E-state index in [1.165, 1.54) is 26.4 Å². The number of rotatable bonds is 5. The van der Waals surface area contributed by atoms with Gasteiger partial charge < -0.3 is 19.9 Å². The van der Waals surface area contributed by atoms with Crippen molar-refractivity contribution in [2.24, 2.45) is 0 Å². The minimum Gasteiger partial charge on any atom is -0.493 e. The van der Waals surface area contributed by atoms with Gasteiger partial charge in [0.25, 0.3) is 5.91 Å². The van der Waals surface area contributed by atoms with Crippen LogP contribution in [-0.4, -0.2) is 40.6 Å². The maximum absolute atomic E-state index is 12.9.